The maximum atomic E-state index is 15.4. The predicted octanol–water partition coefficient (Wildman–Crippen LogP) is -7.80. The molecule has 2 bridgehead atoms. The fraction of sp³-hybridized carbons (Fsp3) is 0.947. The van der Waals surface area contributed by atoms with Crippen LogP contribution in [0.1, 0.15) is 86.0 Å². The molecule has 0 aromatic rings. The molecule has 0 amide bonds. The summed E-state index contributed by atoms with van der Waals surface area (Å²) >= 11 is 0. The topological polar surface area (TPSA) is 512 Å². The molecule has 4 aliphatic carbocycles. The van der Waals surface area contributed by atoms with E-state index in [4.69, 9.17) is 56.8 Å². The first-order valence-electron chi connectivity index (χ1n) is 30.3. The van der Waals surface area contributed by atoms with Crippen LogP contribution in [0.4, 0.5) is 0 Å². The Morgan fingerprint density at radius 1 is 0.461 bits per heavy atom. The zero-order chi connectivity index (χ0) is 64.0. The third-order valence-corrected chi connectivity index (χ3v) is 21.3. The molecule has 6 heterocycles. The number of hydrogen-bond donors (Lipinski definition) is 19. The van der Waals surface area contributed by atoms with E-state index in [2.05, 4.69) is 13.5 Å². The molecule has 32 nitrogen and oxygen atoms in total. The second-order valence-corrected chi connectivity index (χ2v) is 26.4. The average molecular weight is 1290 g/mol. The van der Waals surface area contributed by atoms with Gasteiger partial charge in [0.25, 0.3) is 0 Å². The molecule has 1 spiro atoms. The summed E-state index contributed by atoms with van der Waals surface area (Å²) in [5.41, 5.74) is -3.13. The Labute approximate surface area is 512 Å². The lowest BCUT2D eigenvalue weighted by Gasteiger charge is -2.64. The van der Waals surface area contributed by atoms with E-state index < -0.39 is 251 Å². The molecule has 6 aliphatic heterocycles. The third-order valence-electron chi connectivity index (χ3n) is 21.3. The van der Waals surface area contributed by atoms with Gasteiger partial charge in [-0.3, -0.25) is 4.79 Å². The van der Waals surface area contributed by atoms with E-state index >= 15 is 4.79 Å². The highest BCUT2D eigenvalue weighted by Crippen LogP contribution is 2.74. The third kappa shape index (κ3) is 12.5. The molecule has 36 atom stereocenters. The molecule has 6 saturated heterocycles. The first-order valence-corrected chi connectivity index (χ1v) is 30.3. The van der Waals surface area contributed by atoms with Gasteiger partial charge in [0.05, 0.1) is 50.2 Å². The molecule has 10 rings (SSSR count). The Balaban J connectivity index is 0.00000941. The molecule has 0 radical (unpaired) electrons. The smallest absolute Gasteiger partial charge is 0.314 e. The molecule has 514 valence electrons. The quantitative estimate of drug-likeness (QED) is 0.0365. The first-order chi connectivity index (χ1) is 41.6. The van der Waals surface area contributed by atoms with Gasteiger partial charge >= 0.3 is 5.97 Å². The molecule has 0 aromatic heterocycles. The Hall–Kier alpha value is -1.99. The van der Waals surface area contributed by atoms with E-state index in [1.807, 2.05) is 0 Å². The minimum atomic E-state index is -2.03. The van der Waals surface area contributed by atoms with Crippen molar-refractivity contribution in [1.82, 2.24) is 0 Å². The average Bonchev–Trinajstić information content (AvgIpc) is 1.58. The largest absolute Gasteiger partial charge is 0.432 e. The number of ether oxygens (including phenoxy) is 12. The van der Waals surface area contributed by atoms with E-state index in [9.17, 15) is 97.0 Å². The molecule has 32 heteroatoms. The van der Waals surface area contributed by atoms with Gasteiger partial charge in [0.2, 0.25) is 6.29 Å². The number of rotatable bonds is 17. The van der Waals surface area contributed by atoms with Gasteiger partial charge in [-0.2, -0.15) is 0 Å². The van der Waals surface area contributed by atoms with Crippen LogP contribution in [0.3, 0.4) is 0 Å². The second kappa shape index (κ2) is 27.6. The number of carbonyl (C=O) groups excluding carboxylic acids is 1. The summed E-state index contributed by atoms with van der Waals surface area (Å²) in [6.07, 6.45) is -50.1. The Kier molecular flexibility index (Phi) is 22.1. The number of esters is 1. The lowest BCUT2D eigenvalue weighted by Crippen LogP contribution is -2.68. The SMILES string of the molecule is C.C=C1C[C@@]23CC[C@H]4[C@@](C)(CCC[C@@]4(C)C(=O)OC4OC(CO)C(O)C(OC5OC(CO)C(O)C(O)C5O)C4OC4OC(C)C(O)C(O)C4O)[C@@H]2CC[C@]1(OC1OC(CO)C(O)C(OC2OC(CO)C(O)C(O)C2O)C1OC1OC(CO)C(O)C(O)C1O)C3. The minimum absolute atomic E-state index is 0. The maximum Gasteiger partial charge on any atom is 0.314 e. The van der Waals surface area contributed by atoms with E-state index in [1.165, 1.54) is 6.92 Å². The van der Waals surface area contributed by atoms with Crippen molar-refractivity contribution in [3.05, 3.63) is 12.2 Å². The van der Waals surface area contributed by atoms with Gasteiger partial charge in [0.1, 0.15) is 134 Å². The zero-order valence-corrected chi connectivity index (χ0v) is 48.9. The van der Waals surface area contributed by atoms with Crippen molar-refractivity contribution in [3.8, 4) is 0 Å². The first kappa shape index (κ1) is 71.3. The van der Waals surface area contributed by atoms with Crippen molar-refractivity contribution in [3.63, 3.8) is 0 Å². The molecular formula is C57H94O32. The number of aliphatic hydroxyl groups is 19. The van der Waals surface area contributed by atoms with Gasteiger partial charge in [-0.05, 0) is 93.5 Å². The molecule has 19 N–H and O–H groups in total. The Morgan fingerprint density at radius 2 is 0.843 bits per heavy atom. The summed E-state index contributed by atoms with van der Waals surface area (Å²) in [5.74, 6) is -1.35. The summed E-state index contributed by atoms with van der Waals surface area (Å²) in [5, 5.41) is 205. The summed E-state index contributed by atoms with van der Waals surface area (Å²) in [4.78, 5) is 15.4. The minimum Gasteiger partial charge on any atom is -0.432 e. The van der Waals surface area contributed by atoms with Crippen LogP contribution in [0.15, 0.2) is 12.2 Å². The highest BCUT2D eigenvalue weighted by molar-refractivity contribution is 5.77. The van der Waals surface area contributed by atoms with Gasteiger partial charge in [-0.25, -0.2) is 0 Å². The van der Waals surface area contributed by atoms with Crippen LogP contribution in [0.2, 0.25) is 0 Å². The van der Waals surface area contributed by atoms with Crippen molar-refractivity contribution in [1.29, 1.82) is 0 Å². The number of fused-ring (bicyclic) bond motifs is 3. The molecular weight excluding hydrogens is 1200 g/mol. The highest BCUT2D eigenvalue weighted by atomic mass is 16.8. The number of aliphatic hydroxyl groups excluding tert-OH is 19. The fourth-order valence-electron chi connectivity index (χ4n) is 16.4. The number of hydrogen-bond acceptors (Lipinski definition) is 32. The zero-order valence-electron chi connectivity index (χ0n) is 48.9. The monoisotopic (exact) mass is 1290 g/mol. The van der Waals surface area contributed by atoms with Gasteiger partial charge in [0.15, 0.2) is 37.6 Å². The summed E-state index contributed by atoms with van der Waals surface area (Å²) in [6, 6.07) is 0. The molecule has 4 saturated carbocycles. The lowest BCUT2D eigenvalue weighted by molar-refractivity contribution is -0.400. The van der Waals surface area contributed by atoms with Crippen molar-refractivity contribution in [2.24, 2.45) is 28.1 Å². The van der Waals surface area contributed by atoms with Crippen molar-refractivity contribution in [2.45, 2.75) is 276 Å². The van der Waals surface area contributed by atoms with E-state index in [-0.39, 0.29) is 19.8 Å². The summed E-state index contributed by atoms with van der Waals surface area (Å²) in [7, 11) is 0. The highest BCUT2D eigenvalue weighted by Gasteiger charge is 2.70. The molecule has 30 unspecified atom stereocenters. The van der Waals surface area contributed by atoms with Gasteiger partial charge in [-0.1, -0.05) is 27.4 Å². The Morgan fingerprint density at radius 3 is 1.30 bits per heavy atom. The van der Waals surface area contributed by atoms with Crippen LogP contribution >= 0.6 is 0 Å². The van der Waals surface area contributed by atoms with Gasteiger partial charge in [0, 0.05) is 0 Å². The van der Waals surface area contributed by atoms with Crippen molar-refractivity contribution in [2.75, 3.05) is 33.0 Å². The van der Waals surface area contributed by atoms with E-state index in [0.717, 1.165) is 0 Å². The Bertz CT molecular complexity index is 2380. The second-order valence-electron chi connectivity index (χ2n) is 26.4. The molecule has 10 aliphatic rings. The van der Waals surface area contributed by atoms with Crippen molar-refractivity contribution >= 4 is 5.97 Å². The summed E-state index contributed by atoms with van der Waals surface area (Å²) < 4.78 is 73.2. The number of carbonyl (C=O) groups is 1. The molecule has 0 aromatic carbocycles. The van der Waals surface area contributed by atoms with Crippen molar-refractivity contribution < 1.29 is 159 Å². The van der Waals surface area contributed by atoms with Crippen LogP contribution in [0, 0.1) is 28.1 Å². The van der Waals surface area contributed by atoms with E-state index in [1.54, 1.807) is 6.92 Å². The predicted molar refractivity (Wildman–Crippen MR) is 290 cm³/mol. The summed E-state index contributed by atoms with van der Waals surface area (Å²) in [6.45, 7) is 5.42. The lowest BCUT2D eigenvalue weighted by atomic mass is 9.41. The van der Waals surface area contributed by atoms with Crippen LogP contribution in [-0.4, -0.2) is 326 Å². The van der Waals surface area contributed by atoms with Gasteiger partial charge in [-0.15, -0.1) is 0 Å². The maximum absolute atomic E-state index is 15.4. The standard InChI is InChI=1S/C56H90O32.CH4/c1-19-12-55-10-6-26-53(3,8-5-9-54(26,4)52(76)87-50-44(85-46-38(72)34(68)28(62)20(2)77-46)42(32(66)24(16-60)81-50)83-47-39(73)35(69)29(63)21(13-57)78-47)27(55)7-11-56(19,18-55)88-51-45(86-49-41(75)37(71)31(65)23(15-59)80-49)43(33(67)25(17-61)82-51)84-48-40(74)36(70)30(64)22(14-58)79-48;/h20-51,57-75H,1,5-18H2,2-4H3;1H4/t20?,21?,22?,23?,24?,25?,26-,27-,28?,29?,30?,31?,32?,33?,34?,35?,36?,37?,38?,39?,40?,41?,42?,43?,44?,45?,46?,47?,48?,49?,50?,51?,53+,54+,55+,56-;/m0./s1. The van der Waals surface area contributed by atoms with Gasteiger partial charge < -0.3 is 154 Å². The molecule has 10 fully saturated rings. The van der Waals surface area contributed by atoms with Crippen LogP contribution in [-0.2, 0) is 61.6 Å². The van der Waals surface area contributed by atoms with E-state index in [0.29, 0.717) is 56.9 Å². The molecule has 89 heavy (non-hydrogen) atoms. The normalized spacial score (nSPS) is 54.3. The van der Waals surface area contributed by atoms with Crippen LogP contribution in [0.5, 0.6) is 0 Å². The van der Waals surface area contributed by atoms with Crippen LogP contribution in [0.25, 0.3) is 0 Å². The van der Waals surface area contributed by atoms with Crippen LogP contribution < -0.4 is 0 Å². The fourth-order valence-corrected chi connectivity index (χ4v) is 16.4.